The van der Waals surface area contributed by atoms with E-state index in [1.165, 1.54) is 18.4 Å². The highest BCUT2D eigenvalue weighted by molar-refractivity contribution is 6.30. The summed E-state index contributed by atoms with van der Waals surface area (Å²) in [4.78, 5) is 0. The molecule has 0 amide bonds. The van der Waals surface area contributed by atoms with Gasteiger partial charge in [0.1, 0.15) is 0 Å². The molecule has 3 heteroatoms. The largest absolute Gasteiger partial charge is 0.383 e. The molecule has 1 aliphatic carbocycles. The second kappa shape index (κ2) is 6.68. The molecule has 0 aromatic heterocycles. The molecule has 0 atom stereocenters. The van der Waals surface area contributed by atoms with Gasteiger partial charge in [-0.05, 0) is 41.9 Å². The number of ether oxygens (including phenoxy) is 1. The molecule has 1 aromatic rings. The van der Waals surface area contributed by atoms with E-state index in [1.807, 2.05) is 6.07 Å². The molecule has 0 aliphatic heterocycles. The Balaban J connectivity index is 2.09. The van der Waals surface area contributed by atoms with Gasteiger partial charge < -0.3 is 10.1 Å². The molecule has 1 aromatic carbocycles. The third-order valence-corrected chi connectivity index (χ3v) is 5.12. The minimum Gasteiger partial charge on any atom is -0.383 e. The summed E-state index contributed by atoms with van der Waals surface area (Å²) in [6.07, 6.45) is 2.47. The number of nitrogens with one attached hydrogen (secondary N) is 1. The van der Waals surface area contributed by atoms with Crippen molar-refractivity contribution in [3.05, 3.63) is 34.9 Å². The van der Waals surface area contributed by atoms with E-state index in [0.29, 0.717) is 5.41 Å². The van der Waals surface area contributed by atoms with Crippen LogP contribution in [0.1, 0.15) is 39.2 Å². The summed E-state index contributed by atoms with van der Waals surface area (Å²) < 4.78 is 5.12. The average Bonchev–Trinajstić information content (AvgIpc) is 2.35. The molecule has 0 radical (unpaired) electrons. The summed E-state index contributed by atoms with van der Waals surface area (Å²) in [6.45, 7) is 9.70. The van der Waals surface area contributed by atoms with Crippen LogP contribution in [0.2, 0.25) is 5.02 Å². The highest BCUT2D eigenvalue weighted by Crippen LogP contribution is 2.54. The van der Waals surface area contributed by atoms with Crippen LogP contribution in [0.5, 0.6) is 0 Å². The van der Waals surface area contributed by atoms with Crippen molar-refractivity contribution in [3.63, 3.8) is 0 Å². The molecule has 0 saturated heterocycles. The van der Waals surface area contributed by atoms with Gasteiger partial charge >= 0.3 is 0 Å². The average molecular weight is 310 g/mol. The van der Waals surface area contributed by atoms with Crippen LogP contribution in [-0.4, -0.2) is 26.8 Å². The maximum atomic E-state index is 6.20. The van der Waals surface area contributed by atoms with E-state index >= 15 is 0 Å². The number of halogens is 1. The van der Waals surface area contributed by atoms with E-state index < -0.39 is 0 Å². The first-order valence-corrected chi connectivity index (χ1v) is 8.21. The normalized spacial score (nSPS) is 25.7. The predicted molar refractivity (Wildman–Crippen MR) is 90.1 cm³/mol. The minimum absolute atomic E-state index is 0.233. The molecule has 1 saturated carbocycles. The number of hydrogen-bond donors (Lipinski definition) is 1. The van der Waals surface area contributed by atoms with Gasteiger partial charge in [0.15, 0.2) is 0 Å². The molecule has 118 valence electrons. The Labute approximate surface area is 134 Å². The zero-order valence-corrected chi connectivity index (χ0v) is 14.5. The fraction of sp³-hybridized carbons (Fsp3) is 0.667. The molecule has 21 heavy (non-hydrogen) atoms. The van der Waals surface area contributed by atoms with Crippen LogP contribution in [-0.2, 0) is 10.2 Å². The van der Waals surface area contributed by atoms with Gasteiger partial charge in [-0.3, -0.25) is 0 Å². The highest BCUT2D eigenvalue weighted by atomic mass is 35.5. The van der Waals surface area contributed by atoms with Crippen molar-refractivity contribution in [3.8, 4) is 0 Å². The first kappa shape index (κ1) is 16.8. The Hall–Kier alpha value is -0.570. The summed E-state index contributed by atoms with van der Waals surface area (Å²) in [5.41, 5.74) is 1.99. The van der Waals surface area contributed by atoms with E-state index in [2.05, 4.69) is 44.3 Å². The highest BCUT2D eigenvalue weighted by Gasteiger charge is 2.49. The lowest BCUT2D eigenvalue weighted by molar-refractivity contribution is 0.0438. The van der Waals surface area contributed by atoms with Crippen LogP contribution in [0.15, 0.2) is 24.3 Å². The minimum atomic E-state index is 0.233. The van der Waals surface area contributed by atoms with E-state index in [9.17, 15) is 0 Å². The Kier molecular flexibility index (Phi) is 5.34. The van der Waals surface area contributed by atoms with E-state index in [1.54, 1.807) is 7.11 Å². The van der Waals surface area contributed by atoms with Crippen molar-refractivity contribution >= 4 is 11.6 Å². The molecule has 2 nitrogen and oxygen atoms in total. The SMILES string of the molecule is COCCNCC1(c2cccc(Cl)c2)CC(C(C)(C)C)C1. The Morgan fingerprint density at radius 1 is 1.33 bits per heavy atom. The molecule has 1 N–H and O–H groups in total. The summed E-state index contributed by atoms with van der Waals surface area (Å²) in [7, 11) is 1.74. The fourth-order valence-corrected chi connectivity index (χ4v) is 3.49. The Morgan fingerprint density at radius 2 is 2.05 bits per heavy atom. The molecule has 0 unspecified atom stereocenters. The third kappa shape index (κ3) is 4.00. The van der Waals surface area contributed by atoms with E-state index in [4.69, 9.17) is 16.3 Å². The first-order valence-electron chi connectivity index (χ1n) is 7.83. The molecule has 1 fully saturated rings. The molecule has 0 spiro atoms. The first-order chi connectivity index (χ1) is 9.87. The van der Waals surface area contributed by atoms with Crippen molar-refractivity contribution < 1.29 is 4.74 Å². The lowest BCUT2D eigenvalue weighted by Gasteiger charge is -2.53. The third-order valence-electron chi connectivity index (χ3n) is 4.88. The molecule has 0 bridgehead atoms. The summed E-state index contributed by atoms with van der Waals surface area (Å²) >= 11 is 6.20. The van der Waals surface area contributed by atoms with E-state index in [-0.39, 0.29) is 5.41 Å². The van der Waals surface area contributed by atoms with Gasteiger partial charge in [-0.2, -0.15) is 0 Å². The van der Waals surface area contributed by atoms with Crippen molar-refractivity contribution in [2.75, 3.05) is 26.8 Å². The lowest BCUT2D eigenvalue weighted by Crippen LogP contribution is -2.52. The zero-order chi connectivity index (χ0) is 15.5. The van der Waals surface area contributed by atoms with Crippen LogP contribution < -0.4 is 5.32 Å². The van der Waals surface area contributed by atoms with Crippen LogP contribution in [0.3, 0.4) is 0 Å². The number of rotatable bonds is 6. The fourth-order valence-electron chi connectivity index (χ4n) is 3.30. The standard InChI is InChI=1S/C18H28ClNO/c1-17(2,3)15-11-18(12-15,13-20-8-9-21-4)14-6-5-7-16(19)10-14/h5-7,10,15,20H,8-9,11-13H2,1-4H3. The number of benzene rings is 1. The second-order valence-corrected chi connectivity index (χ2v) is 7.87. The topological polar surface area (TPSA) is 21.3 Å². The van der Waals surface area contributed by atoms with Gasteiger partial charge in [0.05, 0.1) is 6.61 Å². The number of hydrogen-bond acceptors (Lipinski definition) is 2. The van der Waals surface area contributed by atoms with Gasteiger partial charge in [0.2, 0.25) is 0 Å². The van der Waals surface area contributed by atoms with Gasteiger partial charge in [0.25, 0.3) is 0 Å². The predicted octanol–water partition coefficient (Wildman–Crippen LogP) is 4.27. The monoisotopic (exact) mass is 309 g/mol. The van der Waals surface area contributed by atoms with Crippen molar-refractivity contribution in [1.82, 2.24) is 5.32 Å². The molecule has 0 heterocycles. The maximum absolute atomic E-state index is 6.20. The Morgan fingerprint density at radius 3 is 2.62 bits per heavy atom. The molecule has 1 aliphatic rings. The van der Waals surface area contributed by atoms with Crippen LogP contribution in [0, 0.1) is 11.3 Å². The van der Waals surface area contributed by atoms with E-state index in [0.717, 1.165) is 30.6 Å². The van der Waals surface area contributed by atoms with Gasteiger partial charge in [-0.15, -0.1) is 0 Å². The maximum Gasteiger partial charge on any atom is 0.0587 e. The van der Waals surface area contributed by atoms with Crippen molar-refractivity contribution in [2.45, 2.75) is 39.0 Å². The second-order valence-electron chi connectivity index (χ2n) is 7.43. The molecular formula is C18H28ClNO. The van der Waals surface area contributed by atoms with Crippen LogP contribution >= 0.6 is 11.6 Å². The number of methoxy groups -OCH3 is 1. The lowest BCUT2D eigenvalue weighted by atomic mass is 9.52. The van der Waals surface area contributed by atoms with Crippen molar-refractivity contribution in [2.24, 2.45) is 11.3 Å². The summed E-state index contributed by atoms with van der Waals surface area (Å²) in [5.74, 6) is 0.778. The van der Waals surface area contributed by atoms with Gasteiger partial charge in [-0.1, -0.05) is 44.5 Å². The van der Waals surface area contributed by atoms with Gasteiger partial charge in [-0.25, -0.2) is 0 Å². The molecular weight excluding hydrogens is 282 g/mol. The van der Waals surface area contributed by atoms with Crippen LogP contribution in [0.4, 0.5) is 0 Å². The summed E-state index contributed by atoms with van der Waals surface area (Å²) in [5, 5.41) is 4.39. The summed E-state index contributed by atoms with van der Waals surface area (Å²) in [6, 6.07) is 8.39. The zero-order valence-electron chi connectivity index (χ0n) is 13.7. The smallest absolute Gasteiger partial charge is 0.0587 e. The van der Waals surface area contributed by atoms with Crippen molar-refractivity contribution in [1.29, 1.82) is 0 Å². The Bertz CT molecular complexity index is 461. The molecule has 2 rings (SSSR count). The van der Waals surface area contributed by atoms with Gasteiger partial charge in [0, 0.05) is 30.6 Å². The quantitative estimate of drug-likeness (QED) is 0.792. The van der Waals surface area contributed by atoms with Crippen LogP contribution in [0.25, 0.3) is 0 Å².